The number of carbonyl (C=O) groups is 1. The number of hydrogen-bond acceptors (Lipinski definition) is 2. The molecule has 0 aromatic heterocycles. The average molecular weight is 244 g/mol. The molecule has 1 N–H and O–H groups in total. The Morgan fingerprint density at radius 2 is 2.00 bits per heavy atom. The highest BCUT2D eigenvalue weighted by Gasteiger charge is 2.32. The van der Waals surface area contributed by atoms with E-state index in [2.05, 4.69) is 10.2 Å². The van der Waals surface area contributed by atoms with Gasteiger partial charge in [-0.05, 0) is 43.9 Å². The van der Waals surface area contributed by atoms with Crippen LogP contribution < -0.4 is 5.32 Å². The number of amides is 1. The third-order valence-corrected chi connectivity index (χ3v) is 4.22. The fourth-order valence-electron chi connectivity index (χ4n) is 3.21. The van der Waals surface area contributed by atoms with E-state index in [1.165, 1.54) is 25.9 Å². The van der Waals surface area contributed by atoms with Gasteiger partial charge in [-0.25, -0.2) is 0 Å². The summed E-state index contributed by atoms with van der Waals surface area (Å²) < 4.78 is 0. The van der Waals surface area contributed by atoms with Gasteiger partial charge in [0.15, 0.2) is 0 Å². The van der Waals surface area contributed by atoms with Crippen LogP contribution in [0.1, 0.15) is 29.6 Å². The number of nitrogens with one attached hydrogen (secondary N) is 1. The second kappa shape index (κ2) is 5.11. The van der Waals surface area contributed by atoms with Gasteiger partial charge in [-0.1, -0.05) is 18.2 Å². The molecule has 3 rings (SSSR count). The zero-order chi connectivity index (χ0) is 12.4. The molecular weight excluding hydrogens is 224 g/mol. The molecule has 18 heavy (non-hydrogen) atoms. The van der Waals surface area contributed by atoms with Crippen molar-refractivity contribution in [3.63, 3.8) is 0 Å². The van der Waals surface area contributed by atoms with Crippen molar-refractivity contribution < 1.29 is 4.79 Å². The molecule has 2 aliphatic rings. The SMILES string of the molecule is O=C(NC1CCN2CCCC1C2)c1ccccc1. The number of benzene rings is 1. The molecule has 0 aliphatic carbocycles. The van der Waals surface area contributed by atoms with Gasteiger partial charge in [0.2, 0.25) is 0 Å². The molecule has 1 aromatic carbocycles. The van der Waals surface area contributed by atoms with E-state index in [0.29, 0.717) is 12.0 Å². The van der Waals surface area contributed by atoms with Crippen molar-refractivity contribution in [2.45, 2.75) is 25.3 Å². The number of piperidine rings is 2. The van der Waals surface area contributed by atoms with Crippen molar-refractivity contribution in [3.05, 3.63) is 35.9 Å². The first kappa shape index (κ1) is 11.7. The smallest absolute Gasteiger partial charge is 0.251 e. The highest BCUT2D eigenvalue weighted by atomic mass is 16.1. The molecule has 1 aromatic rings. The Balaban J connectivity index is 1.64. The third kappa shape index (κ3) is 2.41. The molecule has 1 amide bonds. The zero-order valence-corrected chi connectivity index (χ0v) is 10.6. The van der Waals surface area contributed by atoms with Crippen molar-refractivity contribution in [1.82, 2.24) is 10.2 Å². The van der Waals surface area contributed by atoms with E-state index < -0.39 is 0 Å². The van der Waals surface area contributed by atoms with Gasteiger partial charge in [0.05, 0.1) is 0 Å². The van der Waals surface area contributed by atoms with Crippen LogP contribution in [0.4, 0.5) is 0 Å². The fourth-order valence-corrected chi connectivity index (χ4v) is 3.21. The predicted octanol–water partition coefficient (Wildman–Crippen LogP) is 1.90. The van der Waals surface area contributed by atoms with Crippen LogP contribution in [0.2, 0.25) is 0 Å². The van der Waals surface area contributed by atoms with Crippen LogP contribution in [0.15, 0.2) is 30.3 Å². The second-order valence-corrected chi connectivity index (χ2v) is 5.44. The first-order valence-electron chi connectivity index (χ1n) is 6.91. The average Bonchev–Trinajstić information content (AvgIpc) is 2.43. The summed E-state index contributed by atoms with van der Waals surface area (Å²) in [5.74, 6) is 0.736. The van der Waals surface area contributed by atoms with Crippen LogP contribution >= 0.6 is 0 Å². The first-order valence-corrected chi connectivity index (χ1v) is 6.91. The van der Waals surface area contributed by atoms with E-state index >= 15 is 0 Å². The summed E-state index contributed by atoms with van der Waals surface area (Å²) in [5.41, 5.74) is 0.774. The number of nitrogens with zero attached hydrogens (tertiary/aromatic N) is 1. The Kier molecular flexibility index (Phi) is 3.33. The predicted molar refractivity (Wildman–Crippen MR) is 71.5 cm³/mol. The lowest BCUT2D eigenvalue weighted by molar-refractivity contribution is 0.0739. The van der Waals surface area contributed by atoms with Gasteiger partial charge in [-0.3, -0.25) is 4.79 Å². The molecule has 2 aliphatic heterocycles. The highest BCUT2D eigenvalue weighted by Crippen LogP contribution is 2.26. The number of hydrogen-bond donors (Lipinski definition) is 1. The Labute approximate surface area is 108 Å². The van der Waals surface area contributed by atoms with Crippen LogP contribution in [0, 0.1) is 5.92 Å². The van der Waals surface area contributed by atoms with Crippen molar-refractivity contribution in [2.75, 3.05) is 19.6 Å². The Hall–Kier alpha value is -1.35. The summed E-state index contributed by atoms with van der Waals surface area (Å²) in [6, 6.07) is 9.90. The fraction of sp³-hybridized carbons (Fsp3) is 0.533. The molecule has 3 heteroatoms. The van der Waals surface area contributed by atoms with Crippen molar-refractivity contribution in [3.8, 4) is 0 Å². The molecular formula is C15H20N2O. The third-order valence-electron chi connectivity index (χ3n) is 4.22. The summed E-state index contributed by atoms with van der Waals surface area (Å²) in [6.07, 6.45) is 3.64. The number of rotatable bonds is 2. The van der Waals surface area contributed by atoms with Crippen LogP contribution in [0.5, 0.6) is 0 Å². The van der Waals surface area contributed by atoms with Gasteiger partial charge in [0.25, 0.3) is 5.91 Å². The van der Waals surface area contributed by atoms with E-state index in [4.69, 9.17) is 0 Å². The van der Waals surface area contributed by atoms with Crippen molar-refractivity contribution >= 4 is 5.91 Å². The van der Waals surface area contributed by atoms with Crippen LogP contribution in [0.3, 0.4) is 0 Å². The molecule has 96 valence electrons. The standard InChI is InChI=1S/C15H20N2O/c18-15(12-5-2-1-3-6-12)16-14-8-10-17-9-4-7-13(14)11-17/h1-3,5-6,13-14H,4,7-11H2,(H,16,18). The number of carbonyl (C=O) groups excluding carboxylic acids is 1. The lowest BCUT2D eigenvalue weighted by Gasteiger charge is -2.42. The molecule has 2 bridgehead atoms. The molecule has 2 fully saturated rings. The summed E-state index contributed by atoms with van der Waals surface area (Å²) in [7, 11) is 0. The molecule has 2 heterocycles. The molecule has 3 nitrogen and oxygen atoms in total. The molecule has 0 radical (unpaired) electrons. The lowest BCUT2D eigenvalue weighted by Crippen LogP contribution is -2.53. The van der Waals surface area contributed by atoms with E-state index in [1.807, 2.05) is 30.3 Å². The minimum absolute atomic E-state index is 0.0830. The largest absolute Gasteiger partial charge is 0.349 e. The van der Waals surface area contributed by atoms with Crippen LogP contribution in [0.25, 0.3) is 0 Å². The van der Waals surface area contributed by atoms with E-state index in [0.717, 1.165) is 18.5 Å². The van der Waals surface area contributed by atoms with Gasteiger partial charge in [0, 0.05) is 24.7 Å². The zero-order valence-electron chi connectivity index (χ0n) is 10.6. The van der Waals surface area contributed by atoms with E-state index in [9.17, 15) is 4.79 Å². The monoisotopic (exact) mass is 244 g/mol. The van der Waals surface area contributed by atoms with Gasteiger partial charge in [-0.2, -0.15) is 0 Å². The summed E-state index contributed by atoms with van der Waals surface area (Å²) in [4.78, 5) is 14.7. The topological polar surface area (TPSA) is 32.3 Å². The normalized spacial score (nSPS) is 30.8. The van der Waals surface area contributed by atoms with E-state index in [1.54, 1.807) is 0 Å². The maximum Gasteiger partial charge on any atom is 0.251 e. The van der Waals surface area contributed by atoms with Gasteiger partial charge < -0.3 is 10.2 Å². The first-order chi connectivity index (χ1) is 8.83. The molecule has 0 spiro atoms. The number of fused-ring (bicyclic) bond motifs is 2. The minimum Gasteiger partial charge on any atom is -0.349 e. The molecule has 0 saturated carbocycles. The molecule has 3 unspecified atom stereocenters. The Morgan fingerprint density at radius 1 is 1.17 bits per heavy atom. The van der Waals surface area contributed by atoms with Crippen LogP contribution in [-0.2, 0) is 0 Å². The summed E-state index contributed by atoms with van der Waals surface area (Å²) in [6.45, 7) is 3.55. The highest BCUT2D eigenvalue weighted by molar-refractivity contribution is 5.94. The molecule has 3 atom stereocenters. The van der Waals surface area contributed by atoms with Crippen LogP contribution in [-0.4, -0.2) is 36.5 Å². The van der Waals surface area contributed by atoms with Gasteiger partial charge in [0.1, 0.15) is 0 Å². The van der Waals surface area contributed by atoms with E-state index in [-0.39, 0.29) is 5.91 Å². The van der Waals surface area contributed by atoms with Crippen molar-refractivity contribution in [2.24, 2.45) is 5.92 Å². The Morgan fingerprint density at radius 3 is 2.83 bits per heavy atom. The van der Waals surface area contributed by atoms with Crippen molar-refractivity contribution in [1.29, 1.82) is 0 Å². The minimum atomic E-state index is 0.0830. The van der Waals surface area contributed by atoms with Gasteiger partial charge in [-0.15, -0.1) is 0 Å². The quantitative estimate of drug-likeness (QED) is 0.862. The molecule has 2 saturated heterocycles. The summed E-state index contributed by atoms with van der Waals surface area (Å²) in [5, 5.41) is 3.22. The maximum atomic E-state index is 12.1. The summed E-state index contributed by atoms with van der Waals surface area (Å²) >= 11 is 0. The Bertz CT molecular complexity index is 418. The lowest BCUT2D eigenvalue weighted by atomic mass is 9.85. The maximum absolute atomic E-state index is 12.1. The van der Waals surface area contributed by atoms with Gasteiger partial charge >= 0.3 is 0 Å². The second-order valence-electron chi connectivity index (χ2n) is 5.44.